The number of aromatic nitrogens is 3. The van der Waals surface area contributed by atoms with Crippen molar-refractivity contribution in [2.24, 2.45) is 0 Å². The smallest absolute Gasteiger partial charge is 0.185 e. The number of ketones is 1. The van der Waals surface area contributed by atoms with Crippen LogP contribution in [0.5, 0.6) is 0 Å². The highest BCUT2D eigenvalue weighted by molar-refractivity contribution is 6.07. The molecule has 0 unspecified atom stereocenters. The van der Waals surface area contributed by atoms with Gasteiger partial charge >= 0.3 is 0 Å². The minimum atomic E-state index is -0.0293. The third-order valence-electron chi connectivity index (χ3n) is 5.36. The molecule has 0 saturated carbocycles. The van der Waals surface area contributed by atoms with Crippen molar-refractivity contribution >= 4 is 11.9 Å². The lowest BCUT2D eigenvalue weighted by molar-refractivity contribution is 0.104. The highest BCUT2D eigenvalue weighted by Crippen LogP contribution is 2.24. The van der Waals surface area contributed by atoms with E-state index in [1.165, 1.54) is 11.1 Å². The number of carbonyl (C=O) groups is 1. The Morgan fingerprint density at radius 2 is 1.72 bits per heavy atom. The largest absolute Gasteiger partial charge is 0.289 e. The van der Waals surface area contributed by atoms with Crippen LogP contribution in [0.4, 0.5) is 0 Å². The van der Waals surface area contributed by atoms with Crippen molar-refractivity contribution in [3.63, 3.8) is 0 Å². The summed E-state index contributed by atoms with van der Waals surface area (Å²) >= 11 is 0. The van der Waals surface area contributed by atoms with E-state index in [-0.39, 0.29) is 11.2 Å². The monoisotopic (exact) mass is 421 g/mol. The van der Waals surface area contributed by atoms with E-state index in [0.29, 0.717) is 12.1 Å². The maximum Gasteiger partial charge on any atom is 0.185 e. The van der Waals surface area contributed by atoms with E-state index >= 15 is 0 Å². The summed E-state index contributed by atoms with van der Waals surface area (Å²) in [6, 6.07) is 21.9. The van der Waals surface area contributed by atoms with Crippen molar-refractivity contribution in [1.29, 1.82) is 0 Å². The molecule has 0 atom stereocenters. The van der Waals surface area contributed by atoms with Crippen LogP contribution in [0.2, 0.25) is 0 Å². The molecule has 0 saturated heterocycles. The van der Waals surface area contributed by atoms with E-state index in [4.69, 9.17) is 5.10 Å². The molecule has 2 aromatic carbocycles. The average Bonchev–Trinajstić information content (AvgIpc) is 3.21. The first-order valence-corrected chi connectivity index (χ1v) is 10.7. The van der Waals surface area contributed by atoms with E-state index in [9.17, 15) is 4.79 Å². The summed E-state index contributed by atoms with van der Waals surface area (Å²) in [6.07, 6.45) is 8.97. The summed E-state index contributed by atoms with van der Waals surface area (Å²) in [7, 11) is 0. The van der Waals surface area contributed by atoms with Crippen LogP contribution in [0.1, 0.15) is 47.8 Å². The van der Waals surface area contributed by atoms with E-state index in [0.717, 1.165) is 16.8 Å². The van der Waals surface area contributed by atoms with Crippen molar-refractivity contribution in [1.82, 2.24) is 14.8 Å². The van der Waals surface area contributed by atoms with Gasteiger partial charge in [0, 0.05) is 35.3 Å². The van der Waals surface area contributed by atoms with Crippen LogP contribution in [0.3, 0.4) is 0 Å². The number of nitrogens with zero attached hydrogens (tertiary/aromatic N) is 3. The summed E-state index contributed by atoms with van der Waals surface area (Å²) in [6.45, 7) is 7.15. The molecule has 0 bridgehead atoms. The molecular formula is C28H27N3O. The minimum Gasteiger partial charge on any atom is -0.289 e. The molecule has 0 aliphatic carbocycles. The Morgan fingerprint density at radius 1 is 0.969 bits per heavy atom. The van der Waals surface area contributed by atoms with E-state index in [2.05, 4.69) is 37.9 Å². The van der Waals surface area contributed by atoms with Gasteiger partial charge in [-0.1, -0.05) is 75.4 Å². The minimum absolute atomic E-state index is 0.0293. The standard InChI is InChI=1S/C28H27N3O/c1-28(2,3)25-14-11-22(12-15-25)26(32)16-13-24-20-31(19-21-8-5-4-6-9-21)30-27(24)23-10-7-17-29-18-23/h4-18,20H,19H2,1-3H3/b16-13+. The van der Waals surface area contributed by atoms with Gasteiger partial charge in [0.15, 0.2) is 5.78 Å². The lowest BCUT2D eigenvalue weighted by Gasteiger charge is -2.18. The molecule has 0 amide bonds. The Labute approximate surface area is 189 Å². The molecule has 160 valence electrons. The van der Waals surface area contributed by atoms with Crippen molar-refractivity contribution in [3.8, 4) is 11.3 Å². The lowest BCUT2D eigenvalue weighted by atomic mass is 9.86. The van der Waals surface area contributed by atoms with E-state index in [1.54, 1.807) is 18.5 Å². The van der Waals surface area contributed by atoms with Crippen LogP contribution in [0.25, 0.3) is 17.3 Å². The highest BCUT2D eigenvalue weighted by Gasteiger charge is 2.14. The lowest BCUT2D eigenvalue weighted by Crippen LogP contribution is -2.11. The molecule has 32 heavy (non-hydrogen) atoms. The number of hydrogen-bond donors (Lipinski definition) is 0. The van der Waals surface area contributed by atoms with Gasteiger partial charge in [0.05, 0.1) is 6.54 Å². The predicted molar refractivity (Wildman–Crippen MR) is 130 cm³/mol. The quantitative estimate of drug-likeness (QED) is 0.276. The second-order valence-electron chi connectivity index (χ2n) is 8.88. The zero-order valence-corrected chi connectivity index (χ0v) is 18.7. The zero-order chi connectivity index (χ0) is 22.6. The van der Waals surface area contributed by atoms with E-state index in [1.807, 2.05) is 71.6 Å². The van der Waals surface area contributed by atoms with Crippen LogP contribution in [-0.4, -0.2) is 20.5 Å². The number of benzene rings is 2. The van der Waals surface area contributed by atoms with Crippen molar-refractivity contribution in [3.05, 3.63) is 114 Å². The van der Waals surface area contributed by atoms with Gasteiger partial charge in [0.1, 0.15) is 5.69 Å². The normalized spacial score (nSPS) is 11.7. The molecule has 2 aromatic heterocycles. The zero-order valence-electron chi connectivity index (χ0n) is 18.7. The fraction of sp³-hybridized carbons (Fsp3) is 0.179. The van der Waals surface area contributed by atoms with Gasteiger partial charge in [-0.05, 0) is 40.8 Å². The number of pyridine rings is 1. The Bertz CT molecular complexity index is 1220. The molecule has 0 N–H and O–H groups in total. The van der Waals surface area contributed by atoms with Gasteiger partial charge in [-0.3, -0.25) is 14.5 Å². The third-order valence-corrected chi connectivity index (χ3v) is 5.36. The fourth-order valence-electron chi connectivity index (χ4n) is 3.53. The van der Waals surface area contributed by atoms with Gasteiger partial charge in [-0.15, -0.1) is 0 Å². The first-order valence-electron chi connectivity index (χ1n) is 10.7. The topological polar surface area (TPSA) is 47.8 Å². The first kappa shape index (κ1) is 21.4. The number of rotatable bonds is 6. The number of allylic oxidation sites excluding steroid dienone is 1. The van der Waals surface area contributed by atoms with Crippen LogP contribution in [0.15, 0.2) is 91.4 Å². The van der Waals surface area contributed by atoms with Crippen LogP contribution >= 0.6 is 0 Å². The van der Waals surface area contributed by atoms with Crippen molar-refractivity contribution in [2.75, 3.05) is 0 Å². The molecule has 4 aromatic rings. The van der Waals surface area contributed by atoms with Crippen molar-refractivity contribution < 1.29 is 4.79 Å². The summed E-state index contributed by atoms with van der Waals surface area (Å²) in [5, 5.41) is 4.78. The first-order chi connectivity index (χ1) is 15.4. The summed E-state index contributed by atoms with van der Waals surface area (Å²) in [5.74, 6) is -0.0293. The Morgan fingerprint density at radius 3 is 2.38 bits per heavy atom. The molecule has 0 radical (unpaired) electrons. The summed E-state index contributed by atoms with van der Waals surface area (Å²) < 4.78 is 1.90. The van der Waals surface area contributed by atoms with Crippen LogP contribution in [-0.2, 0) is 12.0 Å². The molecule has 4 nitrogen and oxygen atoms in total. The molecule has 4 rings (SSSR count). The van der Waals surface area contributed by atoms with Crippen molar-refractivity contribution in [2.45, 2.75) is 32.7 Å². The fourth-order valence-corrected chi connectivity index (χ4v) is 3.53. The Balaban J connectivity index is 1.61. The van der Waals surface area contributed by atoms with Gasteiger partial charge in [-0.25, -0.2) is 0 Å². The second kappa shape index (κ2) is 9.15. The molecule has 0 aliphatic rings. The summed E-state index contributed by atoms with van der Waals surface area (Å²) in [4.78, 5) is 17.0. The molecular weight excluding hydrogens is 394 g/mol. The maximum atomic E-state index is 12.8. The molecule has 0 fully saturated rings. The number of carbonyl (C=O) groups excluding carboxylic acids is 1. The molecule has 2 heterocycles. The van der Waals surface area contributed by atoms with Gasteiger partial charge in [0.2, 0.25) is 0 Å². The average molecular weight is 422 g/mol. The van der Waals surface area contributed by atoms with Crippen LogP contribution in [0, 0.1) is 0 Å². The number of hydrogen-bond acceptors (Lipinski definition) is 3. The molecule has 0 aliphatic heterocycles. The molecule has 4 heteroatoms. The Hall–Kier alpha value is -3.79. The third kappa shape index (κ3) is 5.09. The Kier molecular flexibility index (Phi) is 6.13. The van der Waals surface area contributed by atoms with Crippen LogP contribution < -0.4 is 0 Å². The summed E-state index contributed by atoms with van der Waals surface area (Å²) in [5.41, 5.74) is 5.71. The molecule has 0 spiro atoms. The van der Waals surface area contributed by atoms with Gasteiger partial charge in [-0.2, -0.15) is 5.10 Å². The van der Waals surface area contributed by atoms with Gasteiger partial charge < -0.3 is 0 Å². The SMILES string of the molecule is CC(C)(C)c1ccc(C(=O)/C=C/c2cn(Cc3ccccc3)nc2-c2cccnc2)cc1. The maximum absolute atomic E-state index is 12.8. The van der Waals surface area contributed by atoms with E-state index < -0.39 is 0 Å². The van der Waals surface area contributed by atoms with Gasteiger partial charge in [0.25, 0.3) is 0 Å². The highest BCUT2D eigenvalue weighted by atomic mass is 16.1. The predicted octanol–water partition coefficient (Wildman–Crippen LogP) is 6.19. The second-order valence-corrected chi connectivity index (χ2v) is 8.88.